The van der Waals surface area contributed by atoms with Gasteiger partial charge in [0.25, 0.3) is 0 Å². The molecule has 2 aromatic carbocycles. The number of allylic oxidation sites excluding steroid dienone is 1. The zero-order chi connectivity index (χ0) is 26.0. The number of ether oxygens (including phenoxy) is 3. The third-order valence-corrected chi connectivity index (χ3v) is 8.70. The quantitative estimate of drug-likeness (QED) is 0.293. The number of aromatic amines is 1. The highest BCUT2D eigenvalue weighted by Gasteiger charge is 2.50. The molecule has 1 aromatic heterocycles. The lowest BCUT2D eigenvalue weighted by atomic mass is 9.49. The van der Waals surface area contributed by atoms with E-state index in [2.05, 4.69) is 60.7 Å². The molecular formula is C31H40N2O4. The Balaban J connectivity index is 1.24. The largest absolute Gasteiger partial charge is 0.493 e. The van der Waals surface area contributed by atoms with E-state index in [9.17, 15) is 5.11 Å². The average Bonchev–Trinajstić information content (AvgIpc) is 3.34. The average molecular weight is 505 g/mol. The summed E-state index contributed by atoms with van der Waals surface area (Å²) in [5.41, 5.74) is 5.11. The molecule has 3 aromatic rings. The van der Waals surface area contributed by atoms with Crippen molar-refractivity contribution in [1.82, 2.24) is 10.3 Å². The van der Waals surface area contributed by atoms with Crippen LogP contribution in [-0.2, 0) is 4.74 Å². The maximum atomic E-state index is 10.7. The second-order valence-electron chi connectivity index (χ2n) is 11.1. The number of methoxy groups -OCH3 is 2. The zero-order valence-corrected chi connectivity index (χ0v) is 22.4. The van der Waals surface area contributed by atoms with Crippen molar-refractivity contribution in [3.8, 4) is 11.5 Å². The molecule has 0 radical (unpaired) electrons. The zero-order valence-electron chi connectivity index (χ0n) is 22.4. The Morgan fingerprint density at radius 3 is 2.65 bits per heavy atom. The van der Waals surface area contributed by atoms with Gasteiger partial charge in [0.15, 0.2) is 11.5 Å². The summed E-state index contributed by atoms with van der Waals surface area (Å²) in [6.07, 6.45) is 6.30. The highest BCUT2D eigenvalue weighted by molar-refractivity contribution is 5.84. The van der Waals surface area contributed by atoms with E-state index in [1.165, 1.54) is 22.9 Å². The van der Waals surface area contributed by atoms with Gasteiger partial charge in [-0.25, -0.2) is 0 Å². The number of fused-ring (bicyclic) bond motifs is 2. The van der Waals surface area contributed by atoms with Crippen molar-refractivity contribution in [2.75, 3.05) is 40.5 Å². The van der Waals surface area contributed by atoms with Crippen molar-refractivity contribution in [3.63, 3.8) is 0 Å². The first-order valence-electron chi connectivity index (χ1n) is 13.4. The number of para-hydroxylation sites is 2. The fourth-order valence-electron chi connectivity index (χ4n) is 6.36. The van der Waals surface area contributed by atoms with Gasteiger partial charge in [0.05, 0.1) is 33.5 Å². The number of H-pyrrole nitrogens is 1. The molecular weight excluding hydrogens is 464 g/mol. The Morgan fingerprint density at radius 2 is 1.89 bits per heavy atom. The summed E-state index contributed by atoms with van der Waals surface area (Å²) in [5, 5.41) is 15.3. The van der Waals surface area contributed by atoms with Crippen LogP contribution >= 0.6 is 0 Å². The fraction of sp³-hybridized carbons (Fsp3) is 0.484. The first-order valence-corrected chi connectivity index (χ1v) is 13.4. The number of aromatic nitrogens is 1. The molecule has 198 valence electrons. The summed E-state index contributed by atoms with van der Waals surface area (Å²) in [6, 6.07) is 14.3. The SMILES string of the molecule is COc1cccc([C@H](CNC[C@@H](O)COCC2=CC[C@@H]3C[C@H]2C3(C)C)c2c[nH]c3ccccc23)c1OC. The van der Waals surface area contributed by atoms with Gasteiger partial charge in [-0.15, -0.1) is 0 Å². The highest BCUT2D eigenvalue weighted by Crippen LogP contribution is 2.59. The van der Waals surface area contributed by atoms with Crippen LogP contribution in [0.1, 0.15) is 43.7 Å². The summed E-state index contributed by atoms with van der Waals surface area (Å²) in [4.78, 5) is 3.40. The van der Waals surface area contributed by atoms with Gasteiger partial charge in [0, 0.05) is 41.7 Å². The lowest BCUT2D eigenvalue weighted by Crippen LogP contribution is -2.48. The molecule has 0 unspecified atom stereocenters. The van der Waals surface area contributed by atoms with E-state index in [0.29, 0.717) is 43.4 Å². The Hall–Kier alpha value is -2.80. The number of hydrogen-bond donors (Lipinski definition) is 3. The molecule has 3 N–H and O–H groups in total. The molecule has 1 heterocycles. The van der Waals surface area contributed by atoms with Gasteiger partial charge in [-0.1, -0.05) is 50.3 Å². The molecule has 0 spiro atoms. The minimum absolute atomic E-state index is 0.00416. The topological polar surface area (TPSA) is 75.7 Å². The maximum Gasteiger partial charge on any atom is 0.164 e. The maximum absolute atomic E-state index is 10.7. The van der Waals surface area contributed by atoms with Gasteiger partial charge >= 0.3 is 0 Å². The summed E-state index contributed by atoms with van der Waals surface area (Å²) in [7, 11) is 3.33. The van der Waals surface area contributed by atoms with E-state index in [1.54, 1.807) is 14.2 Å². The number of benzene rings is 2. The van der Waals surface area contributed by atoms with Crippen molar-refractivity contribution in [2.45, 2.75) is 38.7 Å². The van der Waals surface area contributed by atoms with E-state index in [1.807, 2.05) is 18.2 Å². The van der Waals surface area contributed by atoms with Gasteiger partial charge in [0.2, 0.25) is 0 Å². The second-order valence-corrected chi connectivity index (χ2v) is 11.1. The van der Waals surface area contributed by atoms with Crippen LogP contribution in [0.4, 0.5) is 0 Å². The van der Waals surface area contributed by atoms with Crippen LogP contribution in [-0.4, -0.2) is 56.7 Å². The standard InChI is InChI=1S/C31H40N2O4/c1-31(2)21-13-12-20(27(31)14-21)18-37-19-22(34)15-32-16-25(24-9-7-11-29(35-3)30(24)36-4)26-17-33-28-10-6-5-8-23(26)28/h5-12,17,21-22,25,27,32-34H,13-16,18-19H2,1-4H3/t21-,22-,25+,27-/m1/s1. The van der Waals surface area contributed by atoms with Crippen LogP contribution in [0.3, 0.4) is 0 Å². The van der Waals surface area contributed by atoms with Gasteiger partial charge in [-0.2, -0.15) is 0 Å². The van der Waals surface area contributed by atoms with Gasteiger partial charge < -0.3 is 29.6 Å². The van der Waals surface area contributed by atoms with E-state index in [-0.39, 0.29) is 5.92 Å². The van der Waals surface area contributed by atoms with E-state index in [4.69, 9.17) is 14.2 Å². The van der Waals surface area contributed by atoms with Crippen molar-refractivity contribution >= 4 is 10.9 Å². The van der Waals surface area contributed by atoms with Crippen LogP contribution in [0.25, 0.3) is 10.9 Å². The number of aliphatic hydroxyl groups excluding tert-OH is 1. The van der Waals surface area contributed by atoms with Crippen LogP contribution in [0, 0.1) is 17.3 Å². The second kappa shape index (κ2) is 10.9. The normalized spacial score (nSPS) is 21.7. The number of nitrogens with one attached hydrogen (secondary N) is 2. The van der Waals surface area contributed by atoms with Crippen LogP contribution in [0.5, 0.6) is 11.5 Å². The molecule has 6 heteroatoms. The van der Waals surface area contributed by atoms with Gasteiger partial charge in [-0.05, 0) is 53.4 Å². The molecule has 3 aliphatic carbocycles. The predicted molar refractivity (Wildman–Crippen MR) is 147 cm³/mol. The van der Waals surface area contributed by atoms with Crippen molar-refractivity contribution < 1.29 is 19.3 Å². The predicted octanol–water partition coefficient (Wildman–Crippen LogP) is 5.28. The van der Waals surface area contributed by atoms with Gasteiger partial charge in [-0.3, -0.25) is 0 Å². The Bertz CT molecular complexity index is 1250. The van der Waals surface area contributed by atoms with Crippen LogP contribution in [0.2, 0.25) is 0 Å². The van der Waals surface area contributed by atoms with Crippen LogP contribution < -0.4 is 14.8 Å². The third-order valence-electron chi connectivity index (χ3n) is 8.70. The fourth-order valence-corrected chi connectivity index (χ4v) is 6.36. The number of aliphatic hydroxyl groups is 1. The molecule has 1 saturated carbocycles. The van der Waals surface area contributed by atoms with E-state index >= 15 is 0 Å². The molecule has 37 heavy (non-hydrogen) atoms. The molecule has 2 bridgehead atoms. The first kappa shape index (κ1) is 25.8. The van der Waals surface area contributed by atoms with Crippen molar-refractivity contribution in [1.29, 1.82) is 0 Å². The monoisotopic (exact) mass is 504 g/mol. The number of rotatable bonds is 12. The summed E-state index contributed by atoms with van der Waals surface area (Å²) >= 11 is 0. The Kier molecular flexibility index (Phi) is 7.61. The molecule has 0 saturated heterocycles. The Morgan fingerprint density at radius 1 is 1.05 bits per heavy atom. The minimum Gasteiger partial charge on any atom is -0.493 e. The van der Waals surface area contributed by atoms with Crippen molar-refractivity contribution in [3.05, 3.63) is 71.4 Å². The smallest absolute Gasteiger partial charge is 0.164 e. The first-order chi connectivity index (χ1) is 17.9. The molecule has 1 fully saturated rings. The lowest BCUT2D eigenvalue weighted by Gasteiger charge is -2.56. The molecule has 4 atom stereocenters. The summed E-state index contributed by atoms with van der Waals surface area (Å²) < 4.78 is 17.3. The van der Waals surface area contributed by atoms with E-state index < -0.39 is 6.10 Å². The van der Waals surface area contributed by atoms with Crippen LogP contribution in [0.15, 0.2) is 60.3 Å². The molecule has 0 amide bonds. The Labute approximate surface area is 220 Å². The summed E-state index contributed by atoms with van der Waals surface area (Å²) in [6.45, 7) is 6.77. The highest BCUT2D eigenvalue weighted by atomic mass is 16.5. The summed E-state index contributed by atoms with van der Waals surface area (Å²) in [5.74, 6) is 2.89. The molecule has 6 rings (SSSR count). The van der Waals surface area contributed by atoms with Gasteiger partial charge in [0.1, 0.15) is 0 Å². The third kappa shape index (κ3) is 5.02. The number of hydrogen-bond acceptors (Lipinski definition) is 5. The molecule has 6 nitrogen and oxygen atoms in total. The van der Waals surface area contributed by atoms with E-state index in [0.717, 1.165) is 29.2 Å². The minimum atomic E-state index is -0.581. The van der Waals surface area contributed by atoms with Crippen molar-refractivity contribution in [2.24, 2.45) is 17.3 Å². The lowest BCUT2D eigenvalue weighted by molar-refractivity contribution is -0.0235. The molecule has 0 aliphatic heterocycles. The molecule has 3 aliphatic rings.